The molecule has 1 heterocycles. The molecule has 0 bridgehead atoms. The molecule has 0 spiro atoms. The number of carbonyl (C=O) groups excluding carboxylic acids is 1. The molecule has 0 saturated heterocycles. The van der Waals surface area contributed by atoms with Gasteiger partial charge in [-0.2, -0.15) is 0 Å². The summed E-state index contributed by atoms with van der Waals surface area (Å²) in [4.78, 5) is 13.1. The molecule has 0 unspecified atom stereocenters. The summed E-state index contributed by atoms with van der Waals surface area (Å²) in [6.45, 7) is 1.68. The number of nitrogens with zero attached hydrogens (tertiary/aromatic N) is 1. The summed E-state index contributed by atoms with van der Waals surface area (Å²) in [5.41, 5.74) is 0. The number of halogens is 1. The van der Waals surface area contributed by atoms with Gasteiger partial charge in [-0.3, -0.25) is 0 Å². The second-order valence-electron chi connectivity index (χ2n) is 2.72. The third-order valence-electron chi connectivity index (χ3n) is 1.74. The van der Waals surface area contributed by atoms with E-state index in [1.807, 2.05) is 0 Å². The van der Waals surface area contributed by atoms with Crippen molar-refractivity contribution in [2.24, 2.45) is 0 Å². The van der Waals surface area contributed by atoms with Gasteiger partial charge in [0.2, 0.25) is 0 Å². The lowest BCUT2D eigenvalue weighted by Crippen LogP contribution is -2.42. The van der Waals surface area contributed by atoms with E-state index in [-0.39, 0.29) is 12.6 Å². The van der Waals surface area contributed by atoms with Gasteiger partial charge < -0.3 is 10.2 Å². The molecule has 70 valence electrons. The van der Waals surface area contributed by atoms with E-state index in [4.69, 9.17) is 6.42 Å². The van der Waals surface area contributed by atoms with Gasteiger partial charge in [-0.15, -0.1) is 6.42 Å². The van der Waals surface area contributed by atoms with Crippen LogP contribution >= 0.6 is 15.9 Å². The number of nitrogens with one attached hydrogen (secondary N) is 1. The van der Waals surface area contributed by atoms with Crippen molar-refractivity contribution in [2.75, 3.05) is 19.6 Å². The first-order chi connectivity index (χ1) is 6.24. The van der Waals surface area contributed by atoms with E-state index in [1.165, 1.54) is 0 Å². The van der Waals surface area contributed by atoms with Gasteiger partial charge in [0, 0.05) is 11.0 Å². The van der Waals surface area contributed by atoms with E-state index in [2.05, 4.69) is 33.2 Å². The Balaban J connectivity index is 2.40. The van der Waals surface area contributed by atoms with Crippen molar-refractivity contribution >= 4 is 22.0 Å². The highest BCUT2D eigenvalue weighted by Crippen LogP contribution is 2.14. The Morgan fingerprint density at radius 1 is 1.85 bits per heavy atom. The van der Waals surface area contributed by atoms with Crippen LogP contribution in [-0.2, 0) is 0 Å². The minimum atomic E-state index is -0.0944. The molecule has 2 amide bonds. The highest BCUT2D eigenvalue weighted by Gasteiger charge is 2.15. The molecule has 0 fully saturated rings. The Morgan fingerprint density at radius 3 is 3.23 bits per heavy atom. The fourth-order valence-electron chi connectivity index (χ4n) is 1.11. The third kappa shape index (κ3) is 3.11. The van der Waals surface area contributed by atoms with Crippen LogP contribution in [0.2, 0.25) is 0 Å². The van der Waals surface area contributed by atoms with Gasteiger partial charge in [0.15, 0.2) is 0 Å². The Morgan fingerprint density at radius 2 is 2.62 bits per heavy atom. The second-order valence-corrected chi connectivity index (χ2v) is 3.74. The van der Waals surface area contributed by atoms with Gasteiger partial charge in [-0.05, 0) is 6.42 Å². The Kier molecular flexibility index (Phi) is 3.84. The lowest BCUT2D eigenvalue weighted by molar-refractivity contribution is 0.203. The van der Waals surface area contributed by atoms with E-state index in [0.717, 1.165) is 17.4 Å². The van der Waals surface area contributed by atoms with Crippen LogP contribution in [0.1, 0.15) is 6.42 Å². The Hall–Kier alpha value is -0.950. The van der Waals surface area contributed by atoms with Crippen LogP contribution in [0.15, 0.2) is 10.6 Å². The highest BCUT2D eigenvalue weighted by molar-refractivity contribution is 9.11. The van der Waals surface area contributed by atoms with E-state index < -0.39 is 0 Å². The summed E-state index contributed by atoms with van der Waals surface area (Å²) in [6, 6.07) is -0.0944. The van der Waals surface area contributed by atoms with Gasteiger partial charge in [0.1, 0.15) is 0 Å². The number of hydrogen-bond acceptors (Lipinski definition) is 1. The zero-order chi connectivity index (χ0) is 9.68. The molecule has 0 radical (unpaired) electrons. The Bertz CT molecular complexity index is 267. The SMILES string of the molecule is C#CCNC(=O)N1CCC=C(Br)C1. The number of carbonyl (C=O) groups is 1. The summed E-state index contributed by atoms with van der Waals surface area (Å²) in [7, 11) is 0. The number of terminal acetylenes is 1. The predicted molar refractivity (Wildman–Crippen MR) is 55.4 cm³/mol. The Labute approximate surface area is 86.3 Å². The molecule has 0 aromatic carbocycles. The first-order valence-corrected chi connectivity index (χ1v) is 4.84. The number of urea groups is 1. The first kappa shape index (κ1) is 10.1. The second kappa shape index (κ2) is 4.93. The molecule has 0 aromatic heterocycles. The number of rotatable bonds is 1. The number of hydrogen-bond donors (Lipinski definition) is 1. The minimum absolute atomic E-state index is 0.0944. The zero-order valence-electron chi connectivity index (χ0n) is 7.22. The molecule has 4 heteroatoms. The quantitative estimate of drug-likeness (QED) is 0.692. The van der Waals surface area contributed by atoms with Crippen molar-refractivity contribution < 1.29 is 4.79 Å². The van der Waals surface area contributed by atoms with Crippen LogP contribution in [0.4, 0.5) is 4.79 Å². The minimum Gasteiger partial charge on any atom is -0.327 e. The van der Waals surface area contributed by atoms with Crippen LogP contribution in [0.25, 0.3) is 0 Å². The zero-order valence-corrected chi connectivity index (χ0v) is 8.80. The van der Waals surface area contributed by atoms with Crippen LogP contribution in [0, 0.1) is 12.3 Å². The van der Waals surface area contributed by atoms with Crippen molar-refractivity contribution in [1.82, 2.24) is 10.2 Å². The molecule has 1 aliphatic heterocycles. The predicted octanol–water partition coefficient (Wildman–Crippen LogP) is 1.31. The molecular weight excluding hydrogens is 232 g/mol. The maximum Gasteiger partial charge on any atom is 0.318 e. The topological polar surface area (TPSA) is 32.3 Å². The maximum atomic E-state index is 11.4. The summed E-state index contributed by atoms with van der Waals surface area (Å²) in [5.74, 6) is 2.36. The van der Waals surface area contributed by atoms with Crippen LogP contribution in [-0.4, -0.2) is 30.6 Å². The number of amides is 2. The molecule has 1 N–H and O–H groups in total. The molecular formula is C9H11BrN2O. The van der Waals surface area contributed by atoms with Gasteiger partial charge in [-0.1, -0.05) is 27.9 Å². The van der Waals surface area contributed by atoms with Crippen molar-refractivity contribution in [1.29, 1.82) is 0 Å². The summed E-state index contributed by atoms with van der Waals surface area (Å²) in [5, 5.41) is 2.63. The lowest BCUT2D eigenvalue weighted by Gasteiger charge is -2.25. The molecule has 0 saturated carbocycles. The summed E-state index contributed by atoms with van der Waals surface area (Å²) in [6.07, 6.45) is 8.00. The molecule has 0 aliphatic carbocycles. The van der Waals surface area contributed by atoms with Crippen LogP contribution in [0.3, 0.4) is 0 Å². The van der Waals surface area contributed by atoms with Crippen molar-refractivity contribution in [3.63, 3.8) is 0 Å². The summed E-state index contributed by atoms with van der Waals surface area (Å²) < 4.78 is 1.05. The van der Waals surface area contributed by atoms with Crippen molar-refractivity contribution in [3.05, 3.63) is 10.6 Å². The highest BCUT2D eigenvalue weighted by atomic mass is 79.9. The van der Waals surface area contributed by atoms with Crippen molar-refractivity contribution in [2.45, 2.75) is 6.42 Å². The van der Waals surface area contributed by atoms with Crippen LogP contribution in [0.5, 0.6) is 0 Å². The van der Waals surface area contributed by atoms with E-state index in [1.54, 1.807) is 4.90 Å². The van der Waals surface area contributed by atoms with Gasteiger partial charge in [0.05, 0.1) is 13.1 Å². The molecule has 1 aliphatic rings. The van der Waals surface area contributed by atoms with Crippen LogP contribution < -0.4 is 5.32 Å². The molecule has 1 rings (SSSR count). The molecule has 13 heavy (non-hydrogen) atoms. The average molecular weight is 243 g/mol. The smallest absolute Gasteiger partial charge is 0.318 e. The molecule has 3 nitrogen and oxygen atoms in total. The molecule has 0 atom stereocenters. The fraction of sp³-hybridized carbons (Fsp3) is 0.444. The van der Waals surface area contributed by atoms with Crippen molar-refractivity contribution in [3.8, 4) is 12.3 Å². The van der Waals surface area contributed by atoms with Gasteiger partial charge in [0.25, 0.3) is 0 Å². The van der Waals surface area contributed by atoms with E-state index >= 15 is 0 Å². The lowest BCUT2D eigenvalue weighted by atomic mass is 10.3. The normalized spacial score (nSPS) is 16.0. The fourth-order valence-corrected chi connectivity index (χ4v) is 1.65. The third-order valence-corrected chi connectivity index (χ3v) is 2.31. The van der Waals surface area contributed by atoms with Gasteiger partial charge in [-0.25, -0.2) is 4.79 Å². The first-order valence-electron chi connectivity index (χ1n) is 4.05. The summed E-state index contributed by atoms with van der Waals surface area (Å²) >= 11 is 3.36. The largest absolute Gasteiger partial charge is 0.327 e. The van der Waals surface area contributed by atoms with E-state index in [9.17, 15) is 4.79 Å². The molecule has 0 aromatic rings. The maximum absolute atomic E-state index is 11.4. The average Bonchev–Trinajstić information content (AvgIpc) is 2.14. The van der Waals surface area contributed by atoms with E-state index in [0.29, 0.717) is 6.54 Å². The van der Waals surface area contributed by atoms with Gasteiger partial charge >= 0.3 is 6.03 Å². The monoisotopic (exact) mass is 242 g/mol. The standard InChI is InChI=1S/C9H11BrN2O/c1-2-5-11-9(13)12-6-3-4-8(10)7-12/h1,4H,3,5-7H2,(H,11,13).